The zero-order valence-corrected chi connectivity index (χ0v) is 17.5. The van der Waals surface area contributed by atoms with Crippen LogP contribution in [0.5, 0.6) is 0 Å². The molecular weight excluding hydrogens is 400 g/mol. The lowest BCUT2D eigenvalue weighted by atomic mass is 10.1. The van der Waals surface area contributed by atoms with E-state index in [4.69, 9.17) is 0 Å². The SMILES string of the molecule is Cc1csc(C(=O)Nc2nnc(SCC(=O)Nc3cc(C)ccc3C)s2)c1. The van der Waals surface area contributed by atoms with Crippen LogP contribution in [0.2, 0.25) is 0 Å². The van der Waals surface area contributed by atoms with E-state index in [9.17, 15) is 9.59 Å². The fraction of sp³-hybridized carbons (Fsp3) is 0.222. The van der Waals surface area contributed by atoms with Gasteiger partial charge in [-0.25, -0.2) is 0 Å². The summed E-state index contributed by atoms with van der Waals surface area (Å²) in [6, 6.07) is 7.76. The molecule has 0 fully saturated rings. The number of aromatic nitrogens is 2. The lowest BCUT2D eigenvalue weighted by molar-refractivity contribution is -0.113. The van der Waals surface area contributed by atoms with Gasteiger partial charge in [0.25, 0.3) is 5.91 Å². The van der Waals surface area contributed by atoms with E-state index in [0.29, 0.717) is 14.3 Å². The van der Waals surface area contributed by atoms with E-state index >= 15 is 0 Å². The van der Waals surface area contributed by atoms with Crippen LogP contribution < -0.4 is 10.6 Å². The van der Waals surface area contributed by atoms with Crippen molar-refractivity contribution in [1.29, 1.82) is 0 Å². The summed E-state index contributed by atoms with van der Waals surface area (Å²) in [6.45, 7) is 5.88. The lowest BCUT2D eigenvalue weighted by Crippen LogP contribution is -2.14. The minimum absolute atomic E-state index is 0.108. The minimum atomic E-state index is -0.200. The zero-order chi connectivity index (χ0) is 19.4. The Balaban J connectivity index is 1.52. The third-order valence-corrected chi connectivity index (χ3v) is 6.59. The Morgan fingerprint density at radius 2 is 1.89 bits per heavy atom. The molecule has 0 aliphatic rings. The fourth-order valence-corrected chi connectivity index (χ4v) is 4.55. The van der Waals surface area contributed by atoms with Gasteiger partial charge in [0.1, 0.15) is 0 Å². The van der Waals surface area contributed by atoms with Crippen LogP contribution in [0.25, 0.3) is 0 Å². The first-order valence-corrected chi connectivity index (χ1v) is 10.8. The second-order valence-electron chi connectivity index (χ2n) is 5.97. The maximum Gasteiger partial charge on any atom is 0.267 e. The Morgan fingerprint density at radius 3 is 2.63 bits per heavy atom. The van der Waals surface area contributed by atoms with Crippen molar-refractivity contribution in [2.45, 2.75) is 25.1 Å². The quantitative estimate of drug-likeness (QED) is 0.455. The number of amides is 2. The molecule has 0 saturated carbocycles. The molecule has 2 aromatic heterocycles. The molecule has 0 saturated heterocycles. The van der Waals surface area contributed by atoms with Crippen LogP contribution in [0.3, 0.4) is 0 Å². The van der Waals surface area contributed by atoms with Gasteiger partial charge >= 0.3 is 0 Å². The minimum Gasteiger partial charge on any atom is -0.325 e. The van der Waals surface area contributed by atoms with E-state index in [-0.39, 0.29) is 17.6 Å². The number of hydrogen-bond donors (Lipinski definition) is 2. The van der Waals surface area contributed by atoms with Crippen molar-refractivity contribution in [3.63, 3.8) is 0 Å². The normalized spacial score (nSPS) is 10.6. The number of carbonyl (C=O) groups is 2. The number of carbonyl (C=O) groups excluding carboxylic acids is 2. The summed E-state index contributed by atoms with van der Waals surface area (Å²) in [4.78, 5) is 24.9. The van der Waals surface area contributed by atoms with Gasteiger partial charge in [0.15, 0.2) is 4.34 Å². The monoisotopic (exact) mass is 418 g/mol. The Labute approximate surface area is 169 Å². The maximum absolute atomic E-state index is 12.2. The second-order valence-corrected chi connectivity index (χ2v) is 9.08. The number of benzene rings is 1. The van der Waals surface area contributed by atoms with Crippen molar-refractivity contribution in [3.05, 3.63) is 51.2 Å². The van der Waals surface area contributed by atoms with Gasteiger partial charge in [-0.05, 0) is 55.0 Å². The first-order chi connectivity index (χ1) is 12.9. The van der Waals surface area contributed by atoms with Crippen LogP contribution >= 0.6 is 34.4 Å². The molecule has 0 unspecified atom stereocenters. The summed E-state index contributed by atoms with van der Waals surface area (Å²) in [5, 5.41) is 16.0. The molecular formula is C18H18N4O2S3. The molecule has 3 aromatic rings. The summed E-state index contributed by atoms with van der Waals surface area (Å²) < 4.78 is 0.628. The average Bonchev–Trinajstić information content (AvgIpc) is 3.25. The molecule has 2 heterocycles. The van der Waals surface area contributed by atoms with Crippen molar-refractivity contribution in [3.8, 4) is 0 Å². The van der Waals surface area contributed by atoms with Crippen LogP contribution in [0.4, 0.5) is 10.8 Å². The number of thioether (sulfide) groups is 1. The molecule has 27 heavy (non-hydrogen) atoms. The lowest BCUT2D eigenvalue weighted by Gasteiger charge is -2.08. The van der Waals surface area contributed by atoms with Crippen molar-refractivity contribution >= 4 is 57.1 Å². The molecule has 0 spiro atoms. The van der Waals surface area contributed by atoms with Crippen LogP contribution in [0.1, 0.15) is 26.4 Å². The Morgan fingerprint density at radius 1 is 1.07 bits per heavy atom. The van der Waals surface area contributed by atoms with Gasteiger partial charge in [0, 0.05) is 5.69 Å². The Hall–Kier alpha value is -2.23. The second kappa shape index (κ2) is 8.64. The fourth-order valence-electron chi connectivity index (χ4n) is 2.21. The van der Waals surface area contributed by atoms with Gasteiger partial charge in [-0.1, -0.05) is 35.2 Å². The standard InChI is InChI=1S/C18H18N4O2S3/c1-10-4-5-12(3)13(6-10)19-15(23)9-26-18-22-21-17(27-18)20-16(24)14-7-11(2)8-25-14/h4-8H,9H2,1-3H3,(H,19,23)(H,20,21,24). The molecule has 2 amide bonds. The summed E-state index contributed by atoms with van der Waals surface area (Å²) in [5.74, 6) is -0.0860. The van der Waals surface area contributed by atoms with Gasteiger partial charge in [-0.15, -0.1) is 21.5 Å². The predicted molar refractivity (Wildman–Crippen MR) is 112 cm³/mol. The number of nitrogens with zero attached hydrogens (tertiary/aromatic N) is 2. The van der Waals surface area contributed by atoms with Gasteiger partial charge in [0.2, 0.25) is 11.0 Å². The summed E-state index contributed by atoms with van der Waals surface area (Å²) >= 11 is 3.93. The zero-order valence-electron chi connectivity index (χ0n) is 15.0. The molecule has 1 aromatic carbocycles. The topological polar surface area (TPSA) is 84.0 Å². The van der Waals surface area contributed by atoms with Crippen LogP contribution in [-0.4, -0.2) is 27.8 Å². The van der Waals surface area contributed by atoms with Gasteiger partial charge in [0.05, 0.1) is 10.6 Å². The number of aryl methyl sites for hydroxylation is 3. The highest BCUT2D eigenvalue weighted by atomic mass is 32.2. The van der Waals surface area contributed by atoms with Gasteiger partial charge in [-0.2, -0.15) is 0 Å². The number of anilines is 2. The maximum atomic E-state index is 12.2. The highest BCUT2D eigenvalue weighted by Crippen LogP contribution is 2.26. The van der Waals surface area contributed by atoms with E-state index in [0.717, 1.165) is 22.4 Å². The van der Waals surface area contributed by atoms with E-state index in [2.05, 4.69) is 20.8 Å². The van der Waals surface area contributed by atoms with Gasteiger partial charge < -0.3 is 5.32 Å². The number of thiophene rings is 1. The largest absolute Gasteiger partial charge is 0.325 e. The number of rotatable bonds is 6. The molecule has 0 aliphatic carbocycles. The Kier molecular flexibility index (Phi) is 6.25. The molecule has 9 heteroatoms. The first kappa shape index (κ1) is 19.5. The van der Waals surface area contributed by atoms with E-state index in [1.165, 1.54) is 34.4 Å². The molecule has 140 valence electrons. The third-order valence-electron chi connectivity index (χ3n) is 3.58. The average molecular weight is 419 g/mol. The van der Waals surface area contributed by atoms with E-state index in [1.807, 2.05) is 50.4 Å². The van der Waals surface area contributed by atoms with Crippen LogP contribution in [0.15, 0.2) is 34.0 Å². The molecule has 0 bridgehead atoms. The molecule has 0 atom stereocenters. The highest BCUT2D eigenvalue weighted by Gasteiger charge is 2.13. The van der Waals surface area contributed by atoms with Crippen LogP contribution in [0, 0.1) is 20.8 Å². The molecule has 0 aliphatic heterocycles. The predicted octanol–water partition coefficient (Wildman–Crippen LogP) is 4.51. The summed E-state index contributed by atoms with van der Waals surface area (Å²) in [7, 11) is 0. The van der Waals surface area contributed by atoms with Crippen LogP contribution in [-0.2, 0) is 4.79 Å². The van der Waals surface area contributed by atoms with Crippen molar-refractivity contribution < 1.29 is 9.59 Å². The molecule has 3 rings (SSSR count). The molecule has 6 nitrogen and oxygen atoms in total. The molecule has 0 radical (unpaired) electrons. The van der Waals surface area contributed by atoms with Crippen molar-refractivity contribution in [2.24, 2.45) is 0 Å². The number of nitrogens with one attached hydrogen (secondary N) is 2. The smallest absolute Gasteiger partial charge is 0.267 e. The van der Waals surface area contributed by atoms with Crippen molar-refractivity contribution in [1.82, 2.24) is 10.2 Å². The van der Waals surface area contributed by atoms with Crippen molar-refractivity contribution in [2.75, 3.05) is 16.4 Å². The van der Waals surface area contributed by atoms with E-state index in [1.54, 1.807) is 0 Å². The summed E-state index contributed by atoms with van der Waals surface area (Å²) in [5.41, 5.74) is 3.98. The Bertz CT molecular complexity index is 981. The highest BCUT2D eigenvalue weighted by molar-refractivity contribution is 8.01. The molecule has 2 N–H and O–H groups in total. The number of hydrogen-bond acceptors (Lipinski definition) is 7. The first-order valence-electron chi connectivity index (χ1n) is 8.10. The summed E-state index contributed by atoms with van der Waals surface area (Å²) in [6.07, 6.45) is 0. The van der Waals surface area contributed by atoms with Gasteiger partial charge in [-0.3, -0.25) is 14.9 Å². The third kappa shape index (κ3) is 5.38. The van der Waals surface area contributed by atoms with E-state index < -0.39 is 0 Å².